The molecule has 0 saturated heterocycles. The van der Waals surface area contributed by atoms with E-state index in [1.54, 1.807) is 0 Å². The van der Waals surface area contributed by atoms with Crippen LogP contribution in [-0.4, -0.2) is 16.8 Å². The first-order valence-corrected chi connectivity index (χ1v) is 4.48. The van der Waals surface area contributed by atoms with Crippen LogP contribution >= 0.6 is 24.0 Å². The maximum absolute atomic E-state index is 12.9. The topological polar surface area (TPSA) is 66.5 Å². The molecule has 0 unspecified atom stereocenters. The Morgan fingerprint density at radius 2 is 2.07 bits per heavy atom. The van der Waals surface area contributed by atoms with Crippen molar-refractivity contribution in [3.05, 3.63) is 28.5 Å². The van der Waals surface area contributed by atoms with Gasteiger partial charge in [-0.25, -0.2) is 4.39 Å². The van der Waals surface area contributed by atoms with Gasteiger partial charge >= 0.3 is 0 Å². The summed E-state index contributed by atoms with van der Waals surface area (Å²) in [6.45, 7) is -0.130. The number of hydrogen-bond donors (Lipinski definition) is 3. The van der Waals surface area contributed by atoms with Crippen molar-refractivity contribution in [1.29, 1.82) is 0 Å². The van der Waals surface area contributed by atoms with Crippen LogP contribution in [-0.2, 0) is 0 Å². The van der Waals surface area contributed by atoms with Gasteiger partial charge in [-0.05, 0) is 18.6 Å². The highest BCUT2D eigenvalue weighted by Gasteiger charge is 2.14. The summed E-state index contributed by atoms with van der Waals surface area (Å²) in [5, 5.41) is 18.0. The number of nitrogens with two attached hydrogens (primary N) is 1. The van der Waals surface area contributed by atoms with E-state index in [0.29, 0.717) is 0 Å². The van der Waals surface area contributed by atoms with Gasteiger partial charge in [0.25, 0.3) is 0 Å². The van der Waals surface area contributed by atoms with E-state index in [1.807, 2.05) is 0 Å². The molecule has 1 aromatic rings. The van der Waals surface area contributed by atoms with Gasteiger partial charge in [0.2, 0.25) is 0 Å². The number of benzene rings is 1. The molecule has 3 nitrogen and oxygen atoms in total. The molecule has 86 valence electrons. The average Bonchev–Trinajstić information content (AvgIpc) is 2.11. The van der Waals surface area contributed by atoms with Gasteiger partial charge in [0.1, 0.15) is 11.6 Å². The number of aliphatic hydroxyl groups is 1. The third-order valence-electron chi connectivity index (χ3n) is 1.90. The molecule has 0 aliphatic carbocycles. The first kappa shape index (κ1) is 14.5. The molecule has 0 spiro atoms. The minimum Gasteiger partial charge on any atom is -0.506 e. The number of aromatic hydroxyl groups is 1. The SMILES string of the molecule is Cl.N[C@H](CCO)c1cc(F)cc(Cl)c1O. The molecule has 0 saturated carbocycles. The van der Waals surface area contributed by atoms with Gasteiger partial charge in [-0.15, -0.1) is 12.4 Å². The van der Waals surface area contributed by atoms with E-state index in [9.17, 15) is 9.50 Å². The summed E-state index contributed by atoms with van der Waals surface area (Å²) in [6.07, 6.45) is 0.243. The number of phenols is 1. The molecule has 1 rings (SSSR count). The molecule has 6 heteroatoms. The Balaban J connectivity index is 0.00000196. The second kappa shape index (κ2) is 6.12. The predicted octanol–water partition coefficient (Wildman–Crippen LogP) is 1.99. The van der Waals surface area contributed by atoms with Crippen molar-refractivity contribution in [3.63, 3.8) is 0 Å². The summed E-state index contributed by atoms with van der Waals surface area (Å²) in [6, 6.07) is 1.50. The fourth-order valence-electron chi connectivity index (χ4n) is 1.16. The molecular weight excluding hydrogens is 244 g/mol. The molecule has 1 atom stereocenters. The maximum atomic E-state index is 12.9. The van der Waals surface area contributed by atoms with E-state index in [0.717, 1.165) is 12.1 Å². The van der Waals surface area contributed by atoms with Gasteiger partial charge in [0.15, 0.2) is 0 Å². The molecule has 0 heterocycles. The second-order valence-electron chi connectivity index (χ2n) is 2.94. The Morgan fingerprint density at radius 3 is 2.60 bits per heavy atom. The molecule has 0 bridgehead atoms. The molecule has 0 aromatic heterocycles. The fourth-order valence-corrected chi connectivity index (χ4v) is 1.38. The molecule has 0 aliphatic heterocycles. The highest BCUT2D eigenvalue weighted by atomic mass is 35.5. The molecule has 0 radical (unpaired) electrons. The van der Waals surface area contributed by atoms with Crippen molar-refractivity contribution in [3.8, 4) is 5.75 Å². The molecule has 4 N–H and O–H groups in total. The van der Waals surface area contributed by atoms with Crippen LogP contribution in [0.2, 0.25) is 5.02 Å². The van der Waals surface area contributed by atoms with Crippen LogP contribution in [0, 0.1) is 5.82 Å². The Morgan fingerprint density at radius 1 is 1.47 bits per heavy atom. The Labute approximate surface area is 98.1 Å². The van der Waals surface area contributed by atoms with Crippen molar-refractivity contribution in [2.24, 2.45) is 5.73 Å². The lowest BCUT2D eigenvalue weighted by molar-refractivity contribution is 0.275. The zero-order chi connectivity index (χ0) is 10.7. The second-order valence-corrected chi connectivity index (χ2v) is 3.35. The third-order valence-corrected chi connectivity index (χ3v) is 2.19. The standard InChI is InChI=1S/C9H11ClFNO2.ClH/c10-7-4-5(11)3-6(9(7)14)8(12)1-2-13;/h3-4,8,13-14H,1-2,12H2;1H/t8-;/m1./s1. The van der Waals surface area contributed by atoms with Crippen LogP contribution in [0.25, 0.3) is 0 Å². The van der Waals surface area contributed by atoms with Gasteiger partial charge in [-0.2, -0.15) is 0 Å². The van der Waals surface area contributed by atoms with E-state index in [1.165, 1.54) is 0 Å². The summed E-state index contributed by atoms with van der Waals surface area (Å²) < 4.78 is 12.9. The van der Waals surface area contributed by atoms with Crippen molar-refractivity contribution in [2.75, 3.05) is 6.61 Å². The molecule has 0 aliphatic rings. The van der Waals surface area contributed by atoms with Gasteiger partial charge in [-0.1, -0.05) is 11.6 Å². The highest BCUT2D eigenvalue weighted by molar-refractivity contribution is 6.32. The molecule has 0 amide bonds. The Bertz CT molecular complexity index is 336. The average molecular weight is 256 g/mol. The monoisotopic (exact) mass is 255 g/mol. The lowest BCUT2D eigenvalue weighted by Crippen LogP contribution is -2.12. The minimum atomic E-state index is -0.617. The Kier molecular flexibility index (Phi) is 5.90. The summed E-state index contributed by atoms with van der Waals surface area (Å²) in [5.41, 5.74) is 5.81. The molecule has 15 heavy (non-hydrogen) atoms. The number of hydrogen-bond acceptors (Lipinski definition) is 3. The van der Waals surface area contributed by atoms with Gasteiger partial charge < -0.3 is 15.9 Å². The minimum absolute atomic E-state index is 0. The predicted molar refractivity (Wildman–Crippen MR) is 59.0 cm³/mol. The van der Waals surface area contributed by atoms with E-state index >= 15 is 0 Å². The lowest BCUT2D eigenvalue weighted by atomic mass is 10.0. The molecular formula is C9H12Cl2FNO2. The number of rotatable bonds is 3. The summed E-state index contributed by atoms with van der Waals surface area (Å²) in [4.78, 5) is 0. The zero-order valence-electron chi connectivity index (χ0n) is 7.78. The largest absolute Gasteiger partial charge is 0.506 e. The normalized spacial score (nSPS) is 12.0. The van der Waals surface area contributed by atoms with Crippen molar-refractivity contribution < 1.29 is 14.6 Å². The van der Waals surface area contributed by atoms with Crippen molar-refractivity contribution >= 4 is 24.0 Å². The summed E-state index contributed by atoms with van der Waals surface area (Å²) in [7, 11) is 0. The molecule has 1 aromatic carbocycles. The van der Waals surface area contributed by atoms with Crippen LogP contribution in [0.1, 0.15) is 18.0 Å². The van der Waals surface area contributed by atoms with Crippen molar-refractivity contribution in [1.82, 2.24) is 0 Å². The lowest BCUT2D eigenvalue weighted by Gasteiger charge is -2.13. The highest BCUT2D eigenvalue weighted by Crippen LogP contribution is 2.32. The van der Waals surface area contributed by atoms with Crippen LogP contribution in [0.3, 0.4) is 0 Å². The van der Waals surface area contributed by atoms with E-state index < -0.39 is 11.9 Å². The van der Waals surface area contributed by atoms with Crippen LogP contribution in [0.5, 0.6) is 5.75 Å². The summed E-state index contributed by atoms with van der Waals surface area (Å²) >= 11 is 5.56. The number of halogens is 3. The first-order chi connectivity index (χ1) is 6.56. The van der Waals surface area contributed by atoms with Crippen molar-refractivity contribution in [2.45, 2.75) is 12.5 Å². The van der Waals surface area contributed by atoms with Gasteiger partial charge in [-0.3, -0.25) is 0 Å². The van der Waals surface area contributed by atoms with E-state index in [2.05, 4.69) is 0 Å². The van der Waals surface area contributed by atoms with Gasteiger partial charge in [0, 0.05) is 18.2 Å². The zero-order valence-corrected chi connectivity index (χ0v) is 9.35. The fraction of sp³-hybridized carbons (Fsp3) is 0.333. The Hall–Kier alpha value is -0.550. The number of aliphatic hydroxyl groups excluding tert-OH is 1. The number of phenolic OH excluding ortho intramolecular Hbond substituents is 1. The quantitative estimate of drug-likeness (QED) is 0.774. The van der Waals surface area contributed by atoms with E-state index in [-0.39, 0.29) is 41.8 Å². The van der Waals surface area contributed by atoms with Gasteiger partial charge in [0.05, 0.1) is 5.02 Å². The first-order valence-electron chi connectivity index (χ1n) is 4.10. The maximum Gasteiger partial charge on any atom is 0.139 e. The van der Waals surface area contributed by atoms with Crippen LogP contribution in [0.15, 0.2) is 12.1 Å². The smallest absolute Gasteiger partial charge is 0.139 e. The third kappa shape index (κ3) is 3.50. The van der Waals surface area contributed by atoms with Crippen LogP contribution in [0.4, 0.5) is 4.39 Å². The molecule has 0 fully saturated rings. The van der Waals surface area contributed by atoms with E-state index in [4.69, 9.17) is 22.4 Å². The van der Waals surface area contributed by atoms with Crippen LogP contribution < -0.4 is 5.73 Å². The summed E-state index contributed by atoms with van der Waals surface area (Å²) in [5.74, 6) is -0.787.